The van der Waals surface area contributed by atoms with Gasteiger partial charge in [0.05, 0.1) is 6.10 Å². The predicted octanol–water partition coefficient (Wildman–Crippen LogP) is 1.39. The summed E-state index contributed by atoms with van der Waals surface area (Å²) in [5, 5.41) is 13.7. The highest BCUT2D eigenvalue weighted by Crippen LogP contribution is 2.28. The number of nitrogens with one attached hydrogen (secondary N) is 1. The van der Waals surface area contributed by atoms with E-state index in [1.807, 2.05) is 20.8 Å². The molecule has 1 aliphatic rings. The van der Waals surface area contributed by atoms with Crippen LogP contribution in [0.1, 0.15) is 36.9 Å². The number of nitrogen functional groups attached to an aromatic ring is 1. The molecule has 112 valence electrons. The molecule has 2 rings (SSSR count). The molecule has 0 spiro atoms. The Labute approximate surface area is 123 Å². The minimum atomic E-state index is -0.463. The van der Waals surface area contributed by atoms with Crippen LogP contribution in [0.5, 0.6) is 0 Å². The number of thiazole rings is 1. The van der Waals surface area contributed by atoms with Crippen molar-refractivity contribution in [2.45, 2.75) is 39.3 Å². The zero-order valence-electron chi connectivity index (χ0n) is 12.1. The highest BCUT2D eigenvalue weighted by Gasteiger charge is 2.30. The molecule has 1 aromatic heterocycles. The van der Waals surface area contributed by atoms with E-state index in [-0.39, 0.29) is 23.7 Å². The molecular formula is C13H22N4O2S. The van der Waals surface area contributed by atoms with Gasteiger partial charge in [0.15, 0.2) is 5.13 Å². The normalized spacial score (nSPS) is 23.1. The number of nitrogens with zero attached hydrogens (tertiary/aromatic N) is 2. The quantitative estimate of drug-likeness (QED) is 0.784. The molecule has 4 N–H and O–H groups in total. The van der Waals surface area contributed by atoms with Crippen LogP contribution >= 0.6 is 11.3 Å². The number of amides is 1. The van der Waals surface area contributed by atoms with Gasteiger partial charge in [-0.3, -0.25) is 4.79 Å². The lowest BCUT2D eigenvalue weighted by atomic mass is 9.96. The van der Waals surface area contributed by atoms with E-state index >= 15 is 0 Å². The summed E-state index contributed by atoms with van der Waals surface area (Å²) in [5.41, 5.74) is 5.84. The van der Waals surface area contributed by atoms with Gasteiger partial charge in [-0.1, -0.05) is 18.3 Å². The number of carbonyl (C=O) groups is 1. The summed E-state index contributed by atoms with van der Waals surface area (Å²) in [5.74, 6) is 0.357. The Hall–Kier alpha value is -1.34. The second-order valence-electron chi connectivity index (χ2n) is 5.62. The fourth-order valence-electron chi connectivity index (χ4n) is 2.17. The Morgan fingerprint density at radius 3 is 2.90 bits per heavy atom. The Bertz CT molecular complexity index is 489. The van der Waals surface area contributed by atoms with Crippen molar-refractivity contribution in [3.63, 3.8) is 0 Å². The maximum absolute atomic E-state index is 12.4. The lowest BCUT2D eigenvalue weighted by Gasteiger charge is -2.34. The number of aliphatic hydroxyl groups excluding tert-OH is 1. The summed E-state index contributed by atoms with van der Waals surface area (Å²) in [4.78, 5) is 18.7. The number of nitrogens with two attached hydrogens (primary N) is 1. The van der Waals surface area contributed by atoms with E-state index in [1.165, 1.54) is 11.3 Å². The van der Waals surface area contributed by atoms with Gasteiger partial charge in [0.25, 0.3) is 5.91 Å². The minimum absolute atomic E-state index is 0.136. The zero-order chi connectivity index (χ0) is 14.9. The first-order valence-corrected chi connectivity index (χ1v) is 7.70. The number of piperidine rings is 1. The van der Waals surface area contributed by atoms with Gasteiger partial charge in [-0.15, -0.1) is 0 Å². The smallest absolute Gasteiger partial charge is 0.267 e. The van der Waals surface area contributed by atoms with Crippen molar-refractivity contribution in [3.05, 3.63) is 4.88 Å². The molecule has 20 heavy (non-hydrogen) atoms. The molecule has 1 fully saturated rings. The molecule has 1 aliphatic heterocycles. The third kappa shape index (κ3) is 3.21. The van der Waals surface area contributed by atoms with Gasteiger partial charge >= 0.3 is 0 Å². The number of aliphatic hydroxyl groups is 1. The van der Waals surface area contributed by atoms with E-state index in [4.69, 9.17) is 5.73 Å². The van der Waals surface area contributed by atoms with Gasteiger partial charge in [0.1, 0.15) is 10.7 Å². The predicted molar refractivity (Wildman–Crippen MR) is 81.0 cm³/mol. The van der Waals surface area contributed by atoms with Crippen molar-refractivity contribution in [1.82, 2.24) is 9.88 Å². The molecule has 0 radical (unpaired) electrons. The maximum Gasteiger partial charge on any atom is 0.267 e. The van der Waals surface area contributed by atoms with Crippen LogP contribution in [0.25, 0.3) is 0 Å². The summed E-state index contributed by atoms with van der Waals surface area (Å²) >= 11 is 1.27. The fourth-order valence-corrected chi connectivity index (χ4v) is 3.17. The molecule has 0 aliphatic carbocycles. The number of rotatable bonds is 3. The lowest BCUT2D eigenvalue weighted by molar-refractivity contribution is 0.0252. The van der Waals surface area contributed by atoms with Crippen LogP contribution in [0.15, 0.2) is 0 Å². The standard InChI is InChI=1S/C13H22N4O2S/c1-7(2)15-13-16-11(14)10(20-13)12(19)17-5-4-8(3)9(18)6-17/h7-9,18H,4-6,14H2,1-3H3,(H,15,16). The van der Waals surface area contributed by atoms with Crippen LogP contribution in [0.3, 0.4) is 0 Å². The molecule has 1 saturated heterocycles. The number of β-amino-alcohol motifs (C(OH)–C–C–N with tert-alkyl or cyclic N) is 1. The van der Waals surface area contributed by atoms with Crippen LogP contribution in [-0.2, 0) is 0 Å². The van der Waals surface area contributed by atoms with Gasteiger partial charge in [-0.2, -0.15) is 0 Å². The second kappa shape index (κ2) is 5.97. The molecule has 0 bridgehead atoms. The average molecular weight is 298 g/mol. The van der Waals surface area contributed by atoms with Crippen LogP contribution in [0.2, 0.25) is 0 Å². The summed E-state index contributed by atoms with van der Waals surface area (Å²) in [6.45, 7) is 7.02. The van der Waals surface area contributed by atoms with Crippen molar-refractivity contribution in [2.24, 2.45) is 5.92 Å². The molecule has 6 nitrogen and oxygen atoms in total. The van der Waals surface area contributed by atoms with Crippen molar-refractivity contribution in [3.8, 4) is 0 Å². The van der Waals surface area contributed by atoms with Crippen LogP contribution in [-0.4, -0.2) is 46.1 Å². The number of anilines is 2. The second-order valence-corrected chi connectivity index (χ2v) is 6.62. The van der Waals surface area contributed by atoms with Crippen LogP contribution in [0, 0.1) is 5.92 Å². The summed E-state index contributed by atoms with van der Waals surface area (Å²) in [6, 6.07) is 0.237. The fraction of sp³-hybridized carbons (Fsp3) is 0.692. The molecule has 0 saturated carbocycles. The maximum atomic E-state index is 12.4. The number of likely N-dealkylation sites (tertiary alicyclic amines) is 1. The van der Waals surface area contributed by atoms with Crippen molar-refractivity contribution >= 4 is 28.2 Å². The highest BCUT2D eigenvalue weighted by molar-refractivity contribution is 7.18. The van der Waals surface area contributed by atoms with Crippen LogP contribution < -0.4 is 11.1 Å². The SMILES string of the molecule is CC(C)Nc1nc(N)c(C(=O)N2CCC(C)C(O)C2)s1. The van der Waals surface area contributed by atoms with E-state index < -0.39 is 6.10 Å². The third-order valence-electron chi connectivity index (χ3n) is 3.47. The average Bonchev–Trinajstić information content (AvgIpc) is 2.72. The molecule has 2 unspecified atom stereocenters. The van der Waals surface area contributed by atoms with E-state index in [0.717, 1.165) is 6.42 Å². The molecule has 1 amide bonds. The Morgan fingerprint density at radius 2 is 2.30 bits per heavy atom. The first-order chi connectivity index (χ1) is 9.38. The summed E-state index contributed by atoms with van der Waals surface area (Å²) in [6.07, 6.45) is 0.345. The van der Waals surface area contributed by atoms with Crippen molar-refractivity contribution < 1.29 is 9.90 Å². The van der Waals surface area contributed by atoms with Gasteiger partial charge in [-0.05, 0) is 26.2 Å². The number of carbonyl (C=O) groups excluding carboxylic acids is 1. The molecule has 7 heteroatoms. The Balaban J connectivity index is 2.11. The Morgan fingerprint density at radius 1 is 1.60 bits per heavy atom. The van der Waals surface area contributed by atoms with Gasteiger partial charge in [0.2, 0.25) is 0 Å². The molecule has 0 aromatic carbocycles. The third-order valence-corrected chi connectivity index (χ3v) is 4.46. The first kappa shape index (κ1) is 15.1. The topological polar surface area (TPSA) is 91.5 Å². The lowest BCUT2D eigenvalue weighted by Crippen LogP contribution is -2.45. The summed E-state index contributed by atoms with van der Waals surface area (Å²) in [7, 11) is 0. The molecule has 2 heterocycles. The van der Waals surface area contributed by atoms with Gasteiger partial charge in [0, 0.05) is 19.1 Å². The number of hydrogen-bond acceptors (Lipinski definition) is 6. The minimum Gasteiger partial charge on any atom is -0.391 e. The van der Waals surface area contributed by atoms with Gasteiger partial charge < -0.3 is 21.1 Å². The Kier molecular flexibility index (Phi) is 4.49. The largest absolute Gasteiger partial charge is 0.391 e. The zero-order valence-corrected chi connectivity index (χ0v) is 12.9. The van der Waals surface area contributed by atoms with E-state index in [9.17, 15) is 9.90 Å². The van der Waals surface area contributed by atoms with Gasteiger partial charge in [-0.25, -0.2) is 4.98 Å². The molecule has 1 aromatic rings. The van der Waals surface area contributed by atoms with E-state index in [2.05, 4.69) is 10.3 Å². The number of hydrogen-bond donors (Lipinski definition) is 3. The summed E-state index contributed by atoms with van der Waals surface area (Å²) < 4.78 is 0. The highest BCUT2D eigenvalue weighted by atomic mass is 32.1. The molecule has 2 atom stereocenters. The first-order valence-electron chi connectivity index (χ1n) is 6.88. The van der Waals surface area contributed by atoms with E-state index in [0.29, 0.717) is 23.1 Å². The van der Waals surface area contributed by atoms with Crippen LogP contribution in [0.4, 0.5) is 10.9 Å². The van der Waals surface area contributed by atoms with Crippen molar-refractivity contribution in [2.75, 3.05) is 24.1 Å². The molecular weight excluding hydrogens is 276 g/mol. The van der Waals surface area contributed by atoms with E-state index in [1.54, 1.807) is 4.90 Å². The number of aromatic nitrogens is 1. The van der Waals surface area contributed by atoms with Crippen molar-refractivity contribution in [1.29, 1.82) is 0 Å². The monoisotopic (exact) mass is 298 g/mol.